The zero-order chi connectivity index (χ0) is 17.7. The lowest BCUT2D eigenvalue weighted by Crippen LogP contribution is -2.45. The zero-order valence-corrected chi connectivity index (χ0v) is 14.8. The molecule has 1 spiro atoms. The summed E-state index contributed by atoms with van der Waals surface area (Å²) in [5.41, 5.74) is 3.64. The van der Waals surface area contributed by atoms with Crippen LogP contribution in [0.5, 0.6) is 0 Å². The Kier molecular flexibility index (Phi) is 3.55. The van der Waals surface area contributed by atoms with Gasteiger partial charge in [0.1, 0.15) is 5.82 Å². The van der Waals surface area contributed by atoms with Gasteiger partial charge in [-0.25, -0.2) is 9.37 Å². The summed E-state index contributed by atoms with van der Waals surface area (Å²) in [7, 11) is 0. The van der Waals surface area contributed by atoms with Crippen molar-refractivity contribution >= 4 is 11.6 Å². The van der Waals surface area contributed by atoms with Gasteiger partial charge < -0.3 is 10.2 Å². The van der Waals surface area contributed by atoms with Crippen molar-refractivity contribution in [3.63, 3.8) is 0 Å². The van der Waals surface area contributed by atoms with Crippen molar-refractivity contribution < 1.29 is 4.39 Å². The molecule has 2 aromatic rings. The number of rotatable bonds is 1. The molecule has 26 heavy (non-hydrogen) atoms. The van der Waals surface area contributed by atoms with E-state index in [0.29, 0.717) is 11.6 Å². The van der Waals surface area contributed by atoms with Gasteiger partial charge in [-0.3, -0.25) is 9.78 Å². The van der Waals surface area contributed by atoms with Gasteiger partial charge in [0, 0.05) is 30.6 Å². The number of fused-ring (bicyclic) bond motifs is 3. The predicted molar refractivity (Wildman–Crippen MR) is 99.5 cm³/mol. The lowest BCUT2D eigenvalue weighted by atomic mass is 9.74. The van der Waals surface area contributed by atoms with Crippen molar-refractivity contribution in [1.82, 2.24) is 9.97 Å². The molecule has 136 valence electrons. The standard InChI is InChI=1S/C20H23FN4O/c21-15-6-3-5-14-17(15)22-12-20(14)8-10-25(11-9-20)19-23-16-7-2-1-4-13(16)18(26)24-19/h3,5-6,22H,1-2,4,7-12H2,(H,23,24,26). The fourth-order valence-corrected chi connectivity index (χ4v) is 4.83. The second-order valence-corrected chi connectivity index (χ2v) is 7.81. The van der Waals surface area contributed by atoms with Crippen molar-refractivity contribution in [2.75, 3.05) is 29.9 Å². The molecule has 1 aromatic carbocycles. The maximum atomic E-state index is 14.1. The SMILES string of the molecule is O=c1[nH]c(N2CCC3(CC2)CNc2c(F)cccc23)nc2c1CCCC2. The van der Waals surface area contributed by atoms with Crippen LogP contribution >= 0.6 is 0 Å². The largest absolute Gasteiger partial charge is 0.382 e. The molecule has 0 saturated carbocycles. The van der Waals surface area contributed by atoms with Crippen molar-refractivity contribution in [2.24, 2.45) is 0 Å². The summed E-state index contributed by atoms with van der Waals surface area (Å²) < 4.78 is 14.1. The number of hydrogen-bond acceptors (Lipinski definition) is 4. The van der Waals surface area contributed by atoms with Crippen LogP contribution in [0.3, 0.4) is 0 Å². The van der Waals surface area contributed by atoms with E-state index in [4.69, 9.17) is 4.98 Å². The summed E-state index contributed by atoms with van der Waals surface area (Å²) in [6, 6.07) is 5.37. The van der Waals surface area contributed by atoms with Crippen LogP contribution in [0.4, 0.5) is 16.0 Å². The average Bonchev–Trinajstić information content (AvgIpc) is 3.02. The topological polar surface area (TPSA) is 61.0 Å². The Hall–Kier alpha value is -2.37. The molecule has 0 bridgehead atoms. The summed E-state index contributed by atoms with van der Waals surface area (Å²) in [6.45, 7) is 2.42. The van der Waals surface area contributed by atoms with Gasteiger partial charge in [0.15, 0.2) is 0 Å². The molecule has 2 N–H and O–H groups in total. The Bertz CT molecular complexity index is 915. The molecule has 5 rings (SSSR count). The van der Waals surface area contributed by atoms with Crippen LogP contribution in [0.2, 0.25) is 0 Å². The van der Waals surface area contributed by atoms with E-state index >= 15 is 0 Å². The molecule has 0 amide bonds. The maximum absolute atomic E-state index is 14.1. The molecule has 0 unspecified atom stereocenters. The van der Waals surface area contributed by atoms with Crippen LogP contribution in [0.15, 0.2) is 23.0 Å². The summed E-state index contributed by atoms with van der Waals surface area (Å²) in [5.74, 6) is 0.540. The van der Waals surface area contributed by atoms with Gasteiger partial charge >= 0.3 is 0 Å². The highest BCUT2D eigenvalue weighted by Crippen LogP contribution is 2.45. The van der Waals surface area contributed by atoms with E-state index in [-0.39, 0.29) is 16.8 Å². The number of aryl methyl sites for hydroxylation is 1. The number of anilines is 2. The van der Waals surface area contributed by atoms with Crippen LogP contribution in [0, 0.1) is 5.82 Å². The van der Waals surface area contributed by atoms with Gasteiger partial charge in [0.2, 0.25) is 5.95 Å². The monoisotopic (exact) mass is 354 g/mol. The minimum Gasteiger partial charge on any atom is -0.382 e. The summed E-state index contributed by atoms with van der Waals surface area (Å²) in [6.07, 6.45) is 5.79. The highest BCUT2D eigenvalue weighted by molar-refractivity contribution is 5.62. The first-order valence-corrected chi connectivity index (χ1v) is 9.56. The number of nitrogens with one attached hydrogen (secondary N) is 2. The highest BCUT2D eigenvalue weighted by atomic mass is 19.1. The summed E-state index contributed by atoms with van der Waals surface area (Å²) >= 11 is 0. The first kappa shape index (κ1) is 15.9. The van der Waals surface area contributed by atoms with Crippen LogP contribution in [-0.4, -0.2) is 29.6 Å². The second-order valence-electron chi connectivity index (χ2n) is 7.81. The number of nitrogens with zero attached hydrogens (tertiary/aromatic N) is 2. The van der Waals surface area contributed by atoms with Crippen LogP contribution < -0.4 is 15.8 Å². The zero-order valence-electron chi connectivity index (χ0n) is 14.8. The average molecular weight is 354 g/mol. The fraction of sp³-hybridized carbons (Fsp3) is 0.500. The van der Waals surface area contributed by atoms with Gasteiger partial charge in [0.25, 0.3) is 5.56 Å². The first-order valence-electron chi connectivity index (χ1n) is 9.56. The van der Waals surface area contributed by atoms with Crippen LogP contribution in [-0.2, 0) is 18.3 Å². The number of piperidine rings is 1. The number of benzene rings is 1. The first-order chi connectivity index (χ1) is 12.7. The van der Waals surface area contributed by atoms with E-state index in [2.05, 4.69) is 15.2 Å². The Morgan fingerprint density at radius 3 is 2.81 bits per heavy atom. The van der Waals surface area contributed by atoms with E-state index in [9.17, 15) is 9.18 Å². The summed E-state index contributed by atoms with van der Waals surface area (Å²) in [4.78, 5) is 22.3. The van der Waals surface area contributed by atoms with E-state index in [1.807, 2.05) is 6.07 Å². The van der Waals surface area contributed by atoms with Crippen LogP contribution in [0.1, 0.15) is 42.5 Å². The molecule has 6 heteroatoms. The fourth-order valence-electron chi connectivity index (χ4n) is 4.83. The van der Waals surface area contributed by atoms with Crippen LogP contribution in [0.25, 0.3) is 0 Å². The number of halogens is 1. The highest BCUT2D eigenvalue weighted by Gasteiger charge is 2.42. The third kappa shape index (κ3) is 2.35. The molecule has 1 aliphatic carbocycles. The predicted octanol–water partition coefficient (Wildman–Crippen LogP) is 2.75. The van der Waals surface area contributed by atoms with Gasteiger partial charge in [0.05, 0.1) is 11.4 Å². The molecule has 3 aliphatic rings. The lowest BCUT2D eigenvalue weighted by molar-refractivity contribution is 0.359. The molecule has 1 fully saturated rings. The third-order valence-corrected chi connectivity index (χ3v) is 6.39. The van der Waals surface area contributed by atoms with Crippen molar-refractivity contribution in [3.8, 4) is 0 Å². The Labute approximate surface area is 151 Å². The quantitative estimate of drug-likeness (QED) is 0.827. The van der Waals surface area contributed by atoms with Gasteiger partial charge in [-0.15, -0.1) is 0 Å². The molecule has 0 radical (unpaired) electrons. The van der Waals surface area contributed by atoms with Gasteiger partial charge in [-0.05, 0) is 50.2 Å². The molecule has 1 aromatic heterocycles. The van der Waals surface area contributed by atoms with E-state index < -0.39 is 0 Å². The molecule has 2 aliphatic heterocycles. The lowest BCUT2D eigenvalue weighted by Gasteiger charge is -2.39. The number of H-pyrrole nitrogens is 1. The summed E-state index contributed by atoms with van der Waals surface area (Å²) in [5, 5.41) is 3.27. The molecule has 5 nitrogen and oxygen atoms in total. The number of aromatic nitrogens is 2. The molecular weight excluding hydrogens is 331 g/mol. The Morgan fingerprint density at radius 2 is 1.96 bits per heavy atom. The van der Waals surface area contributed by atoms with E-state index in [1.54, 1.807) is 6.07 Å². The van der Waals surface area contributed by atoms with Crippen molar-refractivity contribution in [3.05, 3.63) is 51.2 Å². The Morgan fingerprint density at radius 1 is 1.15 bits per heavy atom. The van der Waals surface area contributed by atoms with E-state index in [0.717, 1.165) is 75.0 Å². The molecule has 1 saturated heterocycles. The van der Waals surface area contributed by atoms with Gasteiger partial charge in [-0.2, -0.15) is 0 Å². The normalized spacial score (nSPS) is 20.6. The molecule has 3 heterocycles. The molecule has 0 atom stereocenters. The van der Waals surface area contributed by atoms with Gasteiger partial charge in [-0.1, -0.05) is 12.1 Å². The third-order valence-electron chi connectivity index (χ3n) is 6.39. The van der Waals surface area contributed by atoms with Crippen molar-refractivity contribution in [1.29, 1.82) is 0 Å². The Balaban J connectivity index is 1.40. The maximum Gasteiger partial charge on any atom is 0.255 e. The minimum absolute atomic E-state index is 0.0115. The molecular formula is C20H23FN4O. The number of hydrogen-bond donors (Lipinski definition) is 2. The second kappa shape index (κ2) is 5.83. The number of para-hydroxylation sites is 1. The minimum atomic E-state index is -0.164. The smallest absolute Gasteiger partial charge is 0.255 e. The van der Waals surface area contributed by atoms with Crippen molar-refractivity contribution in [2.45, 2.75) is 43.9 Å². The van der Waals surface area contributed by atoms with E-state index in [1.165, 1.54) is 6.07 Å². The number of aromatic amines is 1.